The molecule has 174 valence electrons. The van der Waals surface area contributed by atoms with Crippen molar-refractivity contribution in [3.63, 3.8) is 0 Å². The lowest BCUT2D eigenvalue weighted by atomic mass is 10.2. The van der Waals surface area contributed by atoms with Gasteiger partial charge in [0, 0.05) is 23.4 Å². The monoisotopic (exact) mass is 482 g/mol. The zero-order chi connectivity index (χ0) is 24.5. The number of halogens is 1. The lowest BCUT2D eigenvalue weighted by Crippen LogP contribution is -2.20. The second kappa shape index (κ2) is 11.4. The molecule has 3 rings (SSSR count). The Morgan fingerprint density at radius 1 is 1.09 bits per heavy atom. The van der Waals surface area contributed by atoms with Gasteiger partial charge < -0.3 is 14.8 Å². The highest BCUT2D eigenvalue weighted by Gasteiger charge is 2.09. The van der Waals surface area contributed by atoms with Crippen LogP contribution in [0.4, 0.5) is 11.4 Å². The Morgan fingerprint density at radius 3 is 2.41 bits per heavy atom. The van der Waals surface area contributed by atoms with E-state index >= 15 is 0 Å². The molecule has 0 aliphatic heterocycles. The predicted octanol–water partition coefficient (Wildman–Crippen LogP) is 4.04. The van der Waals surface area contributed by atoms with Crippen molar-refractivity contribution >= 4 is 41.0 Å². The van der Waals surface area contributed by atoms with E-state index < -0.39 is 10.8 Å². The van der Waals surface area contributed by atoms with E-state index in [2.05, 4.69) is 15.8 Å². The molecule has 0 unspecified atom stereocenters. The number of amides is 2. The molecule has 0 heterocycles. The minimum Gasteiger partial charge on any atom is -0.497 e. The van der Waals surface area contributed by atoms with Gasteiger partial charge in [0.25, 0.3) is 17.5 Å². The molecule has 34 heavy (non-hydrogen) atoms. The van der Waals surface area contributed by atoms with E-state index in [1.807, 2.05) is 0 Å². The number of nitrogens with one attached hydrogen (secondary N) is 2. The summed E-state index contributed by atoms with van der Waals surface area (Å²) in [6.07, 6.45) is 1.37. The van der Waals surface area contributed by atoms with E-state index in [9.17, 15) is 19.7 Å². The molecule has 0 radical (unpaired) electrons. The van der Waals surface area contributed by atoms with Crippen molar-refractivity contribution in [3.05, 3.63) is 93.0 Å². The third-order valence-electron chi connectivity index (χ3n) is 4.41. The molecule has 0 fully saturated rings. The Bertz CT molecular complexity index is 1210. The smallest absolute Gasteiger partial charge is 0.271 e. The van der Waals surface area contributed by atoms with Gasteiger partial charge in [0.15, 0.2) is 6.61 Å². The van der Waals surface area contributed by atoms with Crippen molar-refractivity contribution < 1.29 is 24.0 Å². The molecule has 0 spiro atoms. The van der Waals surface area contributed by atoms with Crippen LogP contribution in [0, 0.1) is 10.1 Å². The maximum absolute atomic E-state index is 12.1. The summed E-state index contributed by atoms with van der Waals surface area (Å²) in [7, 11) is 1.56. The molecular formula is C23H19ClN4O6. The van der Waals surface area contributed by atoms with E-state index in [-0.39, 0.29) is 28.8 Å². The molecule has 0 bridgehead atoms. The lowest BCUT2D eigenvalue weighted by molar-refractivity contribution is -0.384. The van der Waals surface area contributed by atoms with Gasteiger partial charge in [-0.3, -0.25) is 19.7 Å². The number of non-ortho nitro benzene ring substituents is 1. The molecule has 0 aliphatic rings. The highest BCUT2D eigenvalue weighted by molar-refractivity contribution is 6.32. The summed E-state index contributed by atoms with van der Waals surface area (Å²) in [6, 6.07) is 16.8. The molecule has 0 atom stereocenters. The van der Waals surface area contributed by atoms with Crippen LogP contribution < -0.4 is 20.2 Å². The Balaban J connectivity index is 1.50. The van der Waals surface area contributed by atoms with Crippen molar-refractivity contribution in [2.24, 2.45) is 5.10 Å². The Kier molecular flexibility index (Phi) is 8.14. The van der Waals surface area contributed by atoms with E-state index in [4.69, 9.17) is 21.1 Å². The number of anilines is 1. The number of nitro benzene ring substituents is 1. The third kappa shape index (κ3) is 6.78. The fourth-order valence-corrected chi connectivity index (χ4v) is 2.94. The summed E-state index contributed by atoms with van der Waals surface area (Å²) in [5.41, 5.74) is 3.60. The average molecular weight is 483 g/mol. The number of rotatable bonds is 9. The molecule has 2 amide bonds. The fourth-order valence-electron chi connectivity index (χ4n) is 2.69. The van der Waals surface area contributed by atoms with Crippen LogP contribution in [-0.2, 0) is 4.79 Å². The van der Waals surface area contributed by atoms with Crippen LogP contribution in [0.15, 0.2) is 71.8 Å². The van der Waals surface area contributed by atoms with Crippen LogP contribution in [0.3, 0.4) is 0 Å². The Hall–Kier alpha value is -4.44. The number of hydrazone groups is 1. The third-order valence-corrected chi connectivity index (χ3v) is 4.70. The number of methoxy groups -OCH3 is 1. The molecule has 0 aromatic heterocycles. The van der Waals surface area contributed by atoms with Gasteiger partial charge in [-0.05, 0) is 60.2 Å². The van der Waals surface area contributed by atoms with E-state index in [1.165, 1.54) is 30.5 Å². The molecule has 0 saturated carbocycles. The van der Waals surface area contributed by atoms with Crippen molar-refractivity contribution in [1.82, 2.24) is 5.43 Å². The Labute approximate surface area is 199 Å². The van der Waals surface area contributed by atoms with Crippen molar-refractivity contribution in [3.8, 4) is 11.5 Å². The molecular weight excluding hydrogens is 464 g/mol. The number of nitrogens with zero attached hydrogens (tertiary/aromatic N) is 2. The molecule has 2 N–H and O–H groups in total. The van der Waals surface area contributed by atoms with Crippen LogP contribution in [0.5, 0.6) is 11.5 Å². The van der Waals surface area contributed by atoms with Gasteiger partial charge in [-0.15, -0.1) is 0 Å². The zero-order valence-electron chi connectivity index (χ0n) is 17.9. The highest BCUT2D eigenvalue weighted by Crippen LogP contribution is 2.25. The first-order valence-electron chi connectivity index (χ1n) is 9.80. The van der Waals surface area contributed by atoms with Crippen molar-refractivity contribution in [2.75, 3.05) is 19.0 Å². The quantitative estimate of drug-likeness (QED) is 0.269. The van der Waals surface area contributed by atoms with Crippen LogP contribution in [0.1, 0.15) is 15.9 Å². The first kappa shape index (κ1) is 24.2. The lowest BCUT2D eigenvalue weighted by Gasteiger charge is -2.09. The van der Waals surface area contributed by atoms with E-state index in [0.29, 0.717) is 22.7 Å². The number of hydrogen-bond acceptors (Lipinski definition) is 7. The number of carbonyl (C=O) groups excluding carboxylic acids is 2. The maximum atomic E-state index is 12.1. The SMILES string of the molecule is COc1ccc(NC(=O)COc2ccc(C=NNC(=O)c3ccc([N+](=O)[O-])cc3)cc2Cl)cc1. The normalized spacial score (nSPS) is 10.5. The van der Waals surface area contributed by atoms with Gasteiger partial charge >= 0.3 is 0 Å². The second-order valence-corrected chi connectivity index (χ2v) is 7.17. The van der Waals surface area contributed by atoms with Gasteiger partial charge in [-0.25, -0.2) is 5.43 Å². The largest absolute Gasteiger partial charge is 0.497 e. The van der Waals surface area contributed by atoms with Gasteiger partial charge in [0.1, 0.15) is 11.5 Å². The number of ether oxygens (including phenoxy) is 2. The van der Waals surface area contributed by atoms with Crippen molar-refractivity contribution in [2.45, 2.75) is 0 Å². The summed E-state index contributed by atoms with van der Waals surface area (Å²) in [4.78, 5) is 34.3. The topological polar surface area (TPSA) is 132 Å². The fraction of sp³-hybridized carbons (Fsp3) is 0.0870. The van der Waals surface area contributed by atoms with Gasteiger partial charge in [0.05, 0.1) is 23.3 Å². The van der Waals surface area contributed by atoms with Gasteiger partial charge in [-0.2, -0.15) is 5.10 Å². The summed E-state index contributed by atoms with van der Waals surface area (Å²) in [6.45, 7) is -0.246. The molecule has 11 heteroatoms. The number of benzene rings is 3. The molecule has 0 aliphatic carbocycles. The molecule has 0 saturated heterocycles. The molecule has 3 aromatic carbocycles. The van der Waals surface area contributed by atoms with Crippen LogP contribution in [0.25, 0.3) is 0 Å². The Morgan fingerprint density at radius 2 is 1.79 bits per heavy atom. The number of carbonyl (C=O) groups is 2. The maximum Gasteiger partial charge on any atom is 0.271 e. The second-order valence-electron chi connectivity index (χ2n) is 6.76. The first-order chi connectivity index (χ1) is 16.4. The van der Waals surface area contributed by atoms with Crippen LogP contribution >= 0.6 is 11.6 Å². The standard InChI is InChI=1S/C23H19ClN4O6/c1-33-19-9-5-17(6-10-19)26-22(29)14-34-21-11-2-15(12-20(21)24)13-25-27-23(30)16-3-7-18(8-4-16)28(31)32/h2-13H,14H2,1H3,(H,26,29)(H,27,30). The van der Waals surface area contributed by atoms with E-state index in [1.54, 1.807) is 49.6 Å². The van der Waals surface area contributed by atoms with Crippen LogP contribution in [-0.4, -0.2) is 36.7 Å². The predicted molar refractivity (Wildman–Crippen MR) is 127 cm³/mol. The van der Waals surface area contributed by atoms with E-state index in [0.717, 1.165) is 0 Å². The van der Waals surface area contributed by atoms with Crippen LogP contribution in [0.2, 0.25) is 5.02 Å². The number of nitro groups is 1. The van der Waals surface area contributed by atoms with Gasteiger partial charge in [0.2, 0.25) is 0 Å². The average Bonchev–Trinajstić information content (AvgIpc) is 2.84. The summed E-state index contributed by atoms with van der Waals surface area (Å²) in [5, 5.41) is 17.5. The molecule has 3 aromatic rings. The first-order valence-corrected chi connectivity index (χ1v) is 10.2. The zero-order valence-corrected chi connectivity index (χ0v) is 18.6. The number of hydrogen-bond donors (Lipinski definition) is 2. The minimum absolute atomic E-state index is 0.116. The highest BCUT2D eigenvalue weighted by atomic mass is 35.5. The molecule has 10 nitrogen and oxygen atoms in total. The summed E-state index contributed by atoms with van der Waals surface area (Å²) >= 11 is 6.21. The van der Waals surface area contributed by atoms with Gasteiger partial charge in [-0.1, -0.05) is 11.6 Å². The summed E-state index contributed by atoms with van der Waals surface area (Å²) < 4.78 is 10.5. The summed E-state index contributed by atoms with van der Waals surface area (Å²) in [5.74, 6) is 0.0927. The minimum atomic E-state index is -0.551. The van der Waals surface area contributed by atoms with Crippen molar-refractivity contribution in [1.29, 1.82) is 0 Å².